The molecule has 2 aliphatic rings. The van der Waals surface area contributed by atoms with E-state index in [0.717, 1.165) is 85.9 Å². The van der Waals surface area contributed by atoms with Crippen LogP contribution in [-0.4, -0.2) is 83.3 Å². The molecule has 8 heteroatoms. The minimum absolute atomic E-state index is 0.0775. The maximum atomic E-state index is 13.7. The predicted octanol–water partition coefficient (Wildman–Crippen LogP) is 5.24. The van der Waals surface area contributed by atoms with Crippen LogP contribution in [0.2, 0.25) is 0 Å². The van der Waals surface area contributed by atoms with Crippen molar-refractivity contribution in [2.75, 3.05) is 51.6 Å². The summed E-state index contributed by atoms with van der Waals surface area (Å²) in [4.78, 5) is 21.1. The van der Waals surface area contributed by atoms with Crippen molar-refractivity contribution >= 4 is 17.7 Å². The molecule has 0 spiro atoms. The first kappa shape index (κ1) is 30.5. The lowest BCUT2D eigenvalue weighted by Gasteiger charge is -2.39. The molecular formula is C34H43FN4O2S. The molecule has 2 heterocycles. The molecule has 1 atom stereocenters. The van der Waals surface area contributed by atoms with Crippen molar-refractivity contribution in [2.45, 2.75) is 43.7 Å². The minimum Gasteiger partial charge on any atom is -0.508 e. The lowest BCUT2D eigenvalue weighted by Crippen LogP contribution is -2.55. The Hall–Kier alpha value is -2.91. The third-order valence-corrected chi connectivity index (χ3v) is 9.69. The molecular weight excluding hydrogens is 547 g/mol. The van der Waals surface area contributed by atoms with Crippen molar-refractivity contribution in [1.82, 2.24) is 14.7 Å². The fourth-order valence-corrected chi connectivity index (χ4v) is 7.04. The summed E-state index contributed by atoms with van der Waals surface area (Å²) in [5.41, 5.74) is 11.1. The minimum atomic E-state index is -0.454. The highest BCUT2D eigenvalue weighted by atomic mass is 32.2. The van der Waals surface area contributed by atoms with E-state index in [2.05, 4.69) is 28.9 Å². The Morgan fingerprint density at radius 3 is 2.38 bits per heavy atom. The number of hydrogen-bond donors (Lipinski definition) is 2. The number of rotatable bonds is 10. The number of likely N-dealkylation sites (tertiary alicyclic amines) is 1. The Morgan fingerprint density at radius 2 is 1.67 bits per heavy atom. The summed E-state index contributed by atoms with van der Waals surface area (Å²) in [5, 5.41) is 10.1. The first-order valence-electron chi connectivity index (χ1n) is 15.2. The van der Waals surface area contributed by atoms with Crippen molar-refractivity contribution in [3.05, 3.63) is 83.7 Å². The van der Waals surface area contributed by atoms with E-state index in [-0.39, 0.29) is 23.4 Å². The summed E-state index contributed by atoms with van der Waals surface area (Å²) < 4.78 is 13.7. The number of amides is 1. The average molecular weight is 591 g/mol. The van der Waals surface area contributed by atoms with Crippen LogP contribution in [0.25, 0.3) is 11.1 Å². The van der Waals surface area contributed by atoms with E-state index in [4.69, 9.17) is 5.73 Å². The Kier molecular flexibility index (Phi) is 10.6. The van der Waals surface area contributed by atoms with Gasteiger partial charge in [0.05, 0.1) is 6.04 Å². The number of halogens is 1. The maximum absolute atomic E-state index is 13.7. The van der Waals surface area contributed by atoms with Gasteiger partial charge in [0.15, 0.2) is 0 Å². The van der Waals surface area contributed by atoms with Crippen molar-refractivity contribution < 1.29 is 14.3 Å². The number of nitrogens with two attached hydrogens (primary N) is 1. The summed E-state index contributed by atoms with van der Waals surface area (Å²) in [7, 11) is 0. The highest BCUT2D eigenvalue weighted by Crippen LogP contribution is 2.29. The second-order valence-electron chi connectivity index (χ2n) is 11.4. The van der Waals surface area contributed by atoms with Crippen LogP contribution >= 0.6 is 11.8 Å². The number of carbonyl (C=O) groups is 1. The van der Waals surface area contributed by atoms with Gasteiger partial charge >= 0.3 is 0 Å². The zero-order chi connectivity index (χ0) is 29.5. The number of piperazine rings is 1. The lowest BCUT2D eigenvalue weighted by atomic mass is 9.88. The second-order valence-corrected chi connectivity index (χ2v) is 12.8. The van der Waals surface area contributed by atoms with Gasteiger partial charge in [0.1, 0.15) is 11.6 Å². The standard InChI is InChI=1S/C34H43FN4O2S/c1-2-42-32-22-29(35)10-8-28(32)24-38-18-20-39(21-19-38)34(41)33(36)27-13-16-37(17-14-27)15-12-26-9-11-30(40)23-31(26)25-6-4-3-5-7-25/h3-11,22-23,27,33,40H,2,12-21,24,36H2,1H3/t33-/m1/s1. The number of hydrogen-bond acceptors (Lipinski definition) is 6. The molecule has 0 unspecified atom stereocenters. The van der Waals surface area contributed by atoms with Gasteiger partial charge in [0.25, 0.3) is 0 Å². The Morgan fingerprint density at radius 1 is 0.952 bits per heavy atom. The van der Waals surface area contributed by atoms with Gasteiger partial charge in [0, 0.05) is 44.2 Å². The quantitative estimate of drug-likeness (QED) is 0.315. The molecule has 6 nitrogen and oxygen atoms in total. The molecule has 0 radical (unpaired) electrons. The summed E-state index contributed by atoms with van der Waals surface area (Å²) >= 11 is 1.67. The number of benzene rings is 3. The molecule has 5 rings (SSSR count). The van der Waals surface area contributed by atoms with Crippen LogP contribution in [0.5, 0.6) is 5.75 Å². The molecule has 0 aliphatic carbocycles. The van der Waals surface area contributed by atoms with E-state index in [1.165, 1.54) is 11.6 Å². The number of phenolic OH excluding ortho intramolecular Hbond substituents is 1. The van der Waals surface area contributed by atoms with E-state index in [9.17, 15) is 14.3 Å². The highest BCUT2D eigenvalue weighted by molar-refractivity contribution is 7.99. The first-order chi connectivity index (χ1) is 20.4. The molecule has 0 bridgehead atoms. The van der Waals surface area contributed by atoms with Crippen LogP contribution in [0, 0.1) is 11.7 Å². The lowest BCUT2D eigenvalue weighted by molar-refractivity contribution is -0.136. The van der Waals surface area contributed by atoms with E-state index < -0.39 is 6.04 Å². The van der Waals surface area contributed by atoms with E-state index in [0.29, 0.717) is 13.1 Å². The topological polar surface area (TPSA) is 73.0 Å². The van der Waals surface area contributed by atoms with Gasteiger partial charge in [-0.1, -0.05) is 49.4 Å². The fraction of sp³-hybridized carbons (Fsp3) is 0.441. The van der Waals surface area contributed by atoms with Gasteiger partial charge < -0.3 is 20.6 Å². The number of piperidine rings is 1. The average Bonchev–Trinajstić information content (AvgIpc) is 3.02. The molecule has 2 fully saturated rings. The molecule has 224 valence electrons. The zero-order valence-corrected chi connectivity index (χ0v) is 25.4. The Labute approximate surface area is 253 Å². The highest BCUT2D eigenvalue weighted by Gasteiger charge is 2.32. The van der Waals surface area contributed by atoms with Crippen LogP contribution in [0.1, 0.15) is 30.9 Å². The molecule has 2 saturated heterocycles. The molecule has 0 aromatic heterocycles. The van der Waals surface area contributed by atoms with Crippen LogP contribution in [0.4, 0.5) is 4.39 Å². The fourth-order valence-electron chi connectivity index (χ4n) is 6.21. The van der Waals surface area contributed by atoms with E-state index >= 15 is 0 Å². The third kappa shape index (κ3) is 7.72. The van der Waals surface area contributed by atoms with Crippen molar-refractivity contribution in [1.29, 1.82) is 0 Å². The normalized spacial score (nSPS) is 17.8. The largest absolute Gasteiger partial charge is 0.508 e. The summed E-state index contributed by atoms with van der Waals surface area (Å²) in [6, 6.07) is 20.5. The van der Waals surface area contributed by atoms with Gasteiger partial charge in [-0.25, -0.2) is 4.39 Å². The Bertz CT molecular complexity index is 1320. The van der Waals surface area contributed by atoms with Crippen molar-refractivity contribution in [3.8, 4) is 16.9 Å². The molecule has 2 aliphatic heterocycles. The van der Waals surface area contributed by atoms with Crippen LogP contribution < -0.4 is 5.73 Å². The molecule has 1 amide bonds. The van der Waals surface area contributed by atoms with Crippen LogP contribution in [0.15, 0.2) is 71.6 Å². The summed E-state index contributed by atoms with van der Waals surface area (Å²) in [5.74, 6) is 1.27. The zero-order valence-electron chi connectivity index (χ0n) is 24.6. The van der Waals surface area contributed by atoms with Gasteiger partial charge in [-0.3, -0.25) is 9.69 Å². The number of aromatic hydroxyl groups is 1. The van der Waals surface area contributed by atoms with Crippen LogP contribution in [0.3, 0.4) is 0 Å². The summed E-state index contributed by atoms with van der Waals surface area (Å²) in [6.45, 7) is 8.62. The van der Waals surface area contributed by atoms with Crippen molar-refractivity contribution in [2.24, 2.45) is 11.7 Å². The number of carbonyl (C=O) groups excluding carboxylic acids is 1. The number of thioether (sulfide) groups is 1. The first-order valence-corrected chi connectivity index (χ1v) is 16.2. The smallest absolute Gasteiger partial charge is 0.239 e. The van der Waals surface area contributed by atoms with Crippen molar-refractivity contribution in [3.63, 3.8) is 0 Å². The Balaban J connectivity index is 1.07. The SMILES string of the molecule is CCSc1cc(F)ccc1CN1CCN(C(=O)[C@H](N)C2CCN(CCc3ccc(O)cc3-c3ccccc3)CC2)CC1. The maximum Gasteiger partial charge on any atom is 0.239 e. The summed E-state index contributed by atoms with van der Waals surface area (Å²) in [6.07, 6.45) is 2.76. The molecule has 0 saturated carbocycles. The van der Waals surface area contributed by atoms with Crippen LogP contribution in [-0.2, 0) is 17.8 Å². The van der Waals surface area contributed by atoms with E-state index in [1.54, 1.807) is 23.9 Å². The molecule has 42 heavy (non-hydrogen) atoms. The third-order valence-electron chi connectivity index (χ3n) is 8.71. The number of phenols is 1. The van der Waals surface area contributed by atoms with Gasteiger partial charge in [0.2, 0.25) is 5.91 Å². The monoisotopic (exact) mass is 590 g/mol. The van der Waals surface area contributed by atoms with Gasteiger partial charge in [-0.2, -0.15) is 0 Å². The van der Waals surface area contributed by atoms with E-state index in [1.807, 2.05) is 41.3 Å². The molecule has 3 aromatic carbocycles. The number of nitrogens with zero attached hydrogens (tertiary/aromatic N) is 3. The predicted molar refractivity (Wildman–Crippen MR) is 169 cm³/mol. The van der Waals surface area contributed by atoms with Gasteiger partial charge in [-0.05, 0) is 90.5 Å². The molecule has 3 N–H and O–H groups in total. The second kappa shape index (κ2) is 14.5. The molecule has 3 aromatic rings. The van der Waals surface area contributed by atoms with Gasteiger partial charge in [-0.15, -0.1) is 11.8 Å².